The first-order valence-electron chi connectivity index (χ1n) is 7.24. The number of carbonyl (C=O) groups is 1. The van der Waals surface area contributed by atoms with Crippen LogP contribution in [0.2, 0.25) is 0 Å². The van der Waals surface area contributed by atoms with Gasteiger partial charge >= 0.3 is 0 Å². The third kappa shape index (κ3) is 1.90. The molecule has 19 heavy (non-hydrogen) atoms. The van der Waals surface area contributed by atoms with Gasteiger partial charge in [-0.25, -0.2) is 0 Å². The van der Waals surface area contributed by atoms with E-state index in [1.807, 2.05) is 13.2 Å². The van der Waals surface area contributed by atoms with Gasteiger partial charge in [0, 0.05) is 19.3 Å². The van der Waals surface area contributed by atoms with E-state index in [-0.39, 0.29) is 11.9 Å². The summed E-state index contributed by atoms with van der Waals surface area (Å²) in [6, 6.07) is 2.56. The highest BCUT2D eigenvalue weighted by Crippen LogP contribution is 2.40. The summed E-state index contributed by atoms with van der Waals surface area (Å²) < 4.78 is 0. The van der Waals surface area contributed by atoms with Crippen molar-refractivity contribution in [1.82, 2.24) is 4.98 Å². The topological polar surface area (TPSA) is 36.4 Å². The minimum atomic E-state index is -0.0111. The van der Waals surface area contributed by atoms with Crippen molar-refractivity contribution in [3.05, 3.63) is 18.5 Å². The minimum Gasteiger partial charge on any atom is -0.355 e. The molecular weight excluding hydrogens is 238 g/mol. The molecule has 1 saturated carbocycles. The molecule has 1 aromatic heterocycles. The van der Waals surface area contributed by atoms with Crippen molar-refractivity contribution in [3.63, 3.8) is 0 Å². The van der Waals surface area contributed by atoms with Crippen molar-refractivity contribution in [2.24, 2.45) is 0 Å². The van der Waals surface area contributed by atoms with Crippen LogP contribution in [0.25, 0.3) is 0 Å². The van der Waals surface area contributed by atoms with Crippen LogP contribution in [-0.2, 0) is 4.79 Å². The highest BCUT2D eigenvalue weighted by molar-refractivity contribution is 6.05. The summed E-state index contributed by atoms with van der Waals surface area (Å²) in [6.45, 7) is 2.10. The van der Waals surface area contributed by atoms with Gasteiger partial charge in [-0.1, -0.05) is 19.8 Å². The number of anilines is 2. The average Bonchev–Trinajstić information content (AvgIpc) is 2.96. The second-order valence-corrected chi connectivity index (χ2v) is 5.53. The van der Waals surface area contributed by atoms with Gasteiger partial charge in [-0.15, -0.1) is 0 Å². The van der Waals surface area contributed by atoms with E-state index in [4.69, 9.17) is 0 Å². The SMILES string of the molecule is CC[C@@H]1C(=O)N(C)c2cnccc2N1C1CCCC1. The van der Waals surface area contributed by atoms with Crippen LogP contribution in [0.5, 0.6) is 0 Å². The lowest BCUT2D eigenvalue weighted by molar-refractivity contribution is -0.120. The van der Waals surface area contributed by atoms with E-state index in [9.17, 15) is 4.79 Å². The molecule has 0 bridgehead atoms. The lowest BCUT2D eigenvalue weighted by Gasteiger charge is -2.44. The number of nitrogens with zero attached hydrogens (tertiary/aromatic N) is 3. The normalized spacial score (nSPS) is 23.9. The van der Waals surface area contributed by atoms with Gasteiger partial charge in [-0.2, -0.15) is 0 Å². The number of aromatic nitrogens is 1. The molecule has 1 aliphatic carbocycles. The smallest absolute Gasteiger partial charge is 0.249 e. The molecule has 1 atom stereocenters. The second-order valence-electron chi connectivity index (χ2n) is 5.53. The van der Waals surface area contributed by atoms with E-state index in [1.165, 1.54) is 31.4 Å². The maximum absolute atomic E-state index is 12.5. The van der Waals surface area contributed by atoms with Crippen LogP contribution in [-0.4, -0.2) is 30.0 Å². The average molecular weight is 259 g/mol. The Bertz CT molecular complexity index is 482. The molecule has 1 amide bonds. The van der Waals surface area contributed by atoms with Gasteiger partial charge in [0.1, 0.15) is 6.04 Å². The fourth-order valence-corrected chi connectivity index (χ4v) is 3.49. The fraction of sp³-hybridized carbons (Fsp3) is 0.600. The zero-order valence-corrected chi connectivity index (χ0v) is 11.7. The zero-order valence-electron chi connectivity index (χ0n) is 11.7. The van der Waals surface area contributed by atoms with Crippen LogP contribution in [0.15, 0.2) is 18.5 Å². The number of pyridine rings is 1. The maximum Gasteiger partial charge on any atom is 0.249 e. The van der Waals surface area contributed by atoms with Crippen LogP contribution in [0.3, 0.4) is 0 Å². The first kappa shape index (κ1) is 12.5. The molecule has 1 aliphatic heterocycles. The van der Waals surface area contributed by atoms with Gasteiger partial charge in [0.15, 0.2) is 0 Å². The molecule has 0 aromatic carbocycles. The van der Waals surface area contributed by atoms with E-state index in [0.717, 1.165) is 12.1 Å². The lowest BCUT2D eigenvalue weighted by Crippen LogP contribution is -2.55. The summed E-state index contributed by atoms with van der Waals surface area (Å²) in [4.78, 5) is 20.9. The molecule has 102 valence electrons. The Balaban J connectivity index is 2.07. The summed E-state index contributed by atoms with van der Waals surface area (Å²) in [5.41, 5.74) is 2.12. The van der Waals surface area contributed by atoms with E-state index in [1.54, 1.807) is 11.1 Å². The van der Waals surface area contributed by atoms with Crippen LogP contribution < -0.4 is 9.80 Å². The van der Waals surface area contributed by atoms with Gasteiger partial charge < -0.3 is 9.80 Å². The van der Waals surface area contributed by atoms with Crippen molar-refractivity contribution < 1.29 is 4.79 Å². The Morgan fingerprint density at radius 2 is 2.05 bits per heavy atom. The molecule has 4 heteroatoms. The molecule has 1 fully saturated rings. The van der Waals surface area contributed by atoms with Crippen LogP contribution in [0, 0.1) is 0 Å². The van der Waals surface area contributed by atoms with Crippen molar-refractivity contribution in [1.29, 1.82) is 0 Å². The molecule has 3 rings (SSSR count). The molecule has 2 heterocycles. The monoisotopic (exact) mass is 259 g/mol. The standard InChI is InChI=1S/C15H21N3O/c1-3-12-15(19)17(2)14-10-16-9-8-13(14)18(12)11-6-4-5-7-11/h8-12H,3-7H2,1-2H3/t12-/m1/s1. The molecule has 1 aromatic rings. The van der Waals surface area contributed by atoms with Gasteiger partial charge in [0.05, 0.1) is 17.6 Å². The molecule has 0 unspecified atom stereocenters. The molecule has 4 nitrogen and oxygen atoms in total. The Labute approximate surface area is 114 Å². The third-order valence-electron chi connectivity index (χ3n) is 4.47. The number of carbonyl (C=O) groups excluding carboxylic acids is 1. The van der Waals surface area contributed by atoms with Gasteiger partial charge in [-0.05, 0) is 25.3 Å². The number of amides is 1. The molecule has 2 aliphatic rings. The van der Waals surface area contributed by atoms with E-state index < -0.39 is 0 Å². The maximum atomic E-state index is 12.5. The Morgan fingerprint density at radius 1 is 1.32 bits per heavy atom. The zero-order chi connectivity index (χ0) is 13.4. The number of fused-ring (bicyclic) bond motifs is 1. The number of likely N-dealkylation sites (N-methyl/N-ethyl adjacent to an activating group) is 1. The summed E-state index contributed by atoms with van der Waals surface area (Å²) in [6.07, 6.45) is 9.47. The summed E-state index contributed by atoms with van der Waals surface area (Å²) in [7, 11) is 1.86. The van der Waals surface area contributed by atoms with E-state index >= 15 is 0 Å². The first-order valence-corrected chi connectivity index (χ1v) is 7.24. The first-order chi connectivity index (χ1) is 9.24. The van der Waals surface area contributed by atoms with Crippen molar-refractivity contribution in [2.75, 3.05) is 16.8 Å². The minimum absolute atomic E-state index is 0.0111. The van der Waals surface area contributed by atoms with Crippen LogP contribution in [0.1, 0.15) is 39.0 Å². The largest absolute Gasteiger partial charge is 0.355 e. The summed E-state index contributed by atoms with van der Waals surface area (Å²) >= 11 is 0. The molecule has 0 radical (unpaired) electrons. The summed E-state index contributed by atoms with van der Waals surface area (Å²) in [5, 5.41) is 0. The molecular formula is C15H21N3O. The van der Waals surface area contributed by atoms with Crippen molar-refractivity contribution in [3.8, 4) is 0 Å². The highest BCUT2D eigenvalue weighted by Gasteiger charge is 2.39. The molecule has 0 N–H and O–H groups in total. The second kappa shape index (κ2) is 4.83. The van der Waals surface area contributed by atoms with Crippen molar-refractivity contribution in [2.45, 2.75) is 51.1 Å². The Morgan fingerprint density at radius 3 is 2.74 bits per heavy atom. The number of hydrogen-bond acceptors (Lipinski definition) is 3. The fourth-order valence-electron chi connectivity index (χ4n) is 3.49. The highest BCUT2D eigenvalue weighted by atomic mass is 16.2. The summed E-state index contributed by atoms with van der Waals surface area (Å²) in [5.74, 6) is 0.204. The molecule has 0 spiro atoms. The van der Waals surface area contributed by atoms with Gasteiger partial charge in [0.2, 0.25) is 5.91 Å². The van der Waals surface area contributed by atoms with Crippen molar-refractivity contribution >= 4 is 17.3 Å². The van der Waals surface area contributed by atoms with E-state index in [0.29, 0.717) is 6.04 Å². The predicted molar refractivity (Wildman–Crippen MR) is 76.5 cm³/mol. The predicted octanol–water partition coefficient (Wildman–Crippen LogP) is 2.59. The Kier molecular flexibility index (Phi) is 3.17. The number of rotatable bonds is 2. The van der Waals surface area contributed by atoms with E-state index in [2.05, 4.69) is 22.9 Å². The quantitative estimate of drug-likeness (QED) is 0.819. The van der Waals surface area contributed by atoms with Crippen LogP contribution in [0.4, 0.5) is 11.4 Å². The Hall–Kier alpha value is -1.58. The number of hydrogen-bond donors (Lipinski definition) is 0. The van der Waals surface area contributed by atoms with Crippen LogP contribution >= 0.6 is 0 Å². The van der Waals surface area contributed by atoms with Gasteiger partial charge in [0.25, 0.3) is 0 Å². The third-order valence-corrected chi connectivity index (χ3v) is 4.47. The van der Waals surface area contributed by atoms with Gasteiger partial charge in [-0.3, -0.25) is 9.78 Å². The lowest BCUT2D eigenvalue weighted by atomic mass is 10.0. The molecule has 0 saturated heterocycles.